The highest BCUT2D eigenvalue weighted by molar-refractivity contribution is 6.42. The number of ketones is 2. The van der Waals surface area contributed by atoms with Crippen LogP contribution in [0.1, 0.15) is 32.3 Å². The van der Waals surface area contributed by atoms with Gasteiger partial charge in [-0.15, -0.1) is 0 Å². The van der Waals surface area contributed by atoms with Crippen LogP contribution < -0.4 is 0 Å². The van der Waals surface area contributed by atoms with Gasteiger partial charge < -0.3 is 0 Å². The standard InChI is InChI=1S/C22H11Cl2NO2/c23-15-8-9-16(24)18-14(15)7-5-11-6-10-17(25-20(11)18)19-21(26)12-3-1-2-4-13(12)22(19)27/h1-10,19H. The Morgan fingerprint density at radius 2 is 1.37 bits per heavy atom. The maximum atomic E-state index is 12.8. The number of Topliss-reactive ketones (excluding diaryl/α,β-unsaturated/α-hetero) is 2. The van der Waals surface area contributed by atoms with E-state index in [1.54, 1.807) is 42.5 Å². The Balaban J connectivity index is 1.77. The van der Waals surface area contributed by atoms with E-state index in [1.807, 2.05) is 18.2 Å². The van der Waals surface area contributed by atoms with Gasteiger partial charge in [0.05, 0.1) is 16.2 Å². The number of pyridine rings is 1. The highest BCUT2D eigenvalue weighted by Gasteiger charge is 2.40. The minimum Gasteiger partial charge on any atom is -0.293 e. The Labute approximate surface area is 164 Å². The number of hydrogen-bond donors (Lipinski definition) is 0. The molecule has 3 nitrogen and oxygen atoms in total. The van der Waals surface area contributed by atoms with Crippen LogP contribution in [0.15, 0.2) is 60.7 Å². The summed E-state index contributed by atoms with van der Waals surface area (Å²) >= 11 is 12.7. The van der Waals surface area contributed by atoms with Gasteiger partial charge >= 0.3 is 0 Å². The normalized spacial score (nSPS) is 14.3. The number of benzene rings is 3. The molecule has 27 heavy (non-hydrogen) atoms. The second kappa shape index (κ2) is 5.88. The number of carbonyl (C=O) groups is 2. The number of carbonyl (C=O) groups excluding carboxylic acids is 2. The van der Waals surface area contributed by atoms with Crippen molar-refractivity contribution in [2.45, 2.75) is 5.92 Å². The molecule has 0 atom stereocenters. The molecule has 0 N–H and O–H groups in total. The zero-order valence-electron chi connectivity index (χ0n) is 13.9. The molecule has 0 spiro atoms. The van der Waals surface area contributed by atoms with E-state index in [9.17, 15) is 9.59 Å². The predicted octanol–water partition coefficient (Wildman–Crippen LogP) is 5.86. The molecule has 130 valence electrons. The lowest BCUT2D eigenvalue weighted by atomic mass is 9.97. The second-order valence-electron chi connectivity index (χ2n) is 6.53. The van der Waals surface area contributed by atoms with Gasteiger partial charge in [-0.1, -0.05) is 65.7 Å². The van der Waals surface area contributed by atoms with Gasteiger partial charge in [0.1, 0.15) is 5.92 Å². The van der Waals surface area contributed by atoms with Crippen molar-refractivity contribution in [2.24, 2.45) is 0 Å². The fraction of sp³-hybridized carbons (Fsp3) is 0.0455. The molecule has 3 aromatic carbocycles. The summed E-state index contributed by atoms with van der Waals surface area (Å²) in [5.41, 5.74) is 1.97. The van der Waals surface area contributed by atoms with Gasteiger partial charge in [-0.2, -0.15) is 0 Å². The molecule has 5 rings (SSSR count). The van der Waals surface area contributed by atoms with Crippen LogP contribution >= 0.6 is 23.2 Å². The van der Waals surface area contributed by atoms with E-state index in [0.717, 1.165) is 16.2 Å². The number of aromatic nitrogens is 1. The van der Waals surface area contributed by atoms with Crippen LogP contribution in [-0.2, 0) is 0 Å². The van der Waals surface area contributed by atoms with Gasteiger partial charge in [0.2, 0.25) is 0 Å². The average molecular weight is 392 g/mol. The molecule has 1 aromatic heterocycles. The molecular weight excluding hydrogens is 381 g/mol. The van der Waals surface area contributed by atoms with E-state index >= 15 is 0 Å². The van der Waals surface area contributed by atoms with Gasteiger partial charge in [-0.05, 0) is 18.2 Å². The average Bonchev–Trinajstić information content (AvgIpc) is 2.95. The first-order valence-electron chi connectivity index (χ1n) is 8.41. The molecule has 0 saturated heterocycles. The predicted molar refractivity (Wildman–Crippen MR) is 107 cm³/mol. The summed E-state index contributed by atoms with van der Waals surface area (Å²) in [5, 5.41) is 3.47. The summed E-state index contributed by atoms with van der Waals surface area (Å²) in [5.74, 6) is -1.35. The van der Waals surface area contributed by atoms with Crippen molar-refractivity contribution >= 4 is 56.4 Å². The van der Waals surface area contributed by atoms with Crippen LogP contribution in [0.5, 0.6) is 0 Å². The number of fused-ring (bicyclic) bond motifs is 4. The quantitative estimate of drug-likeness (QED) is 0.301. The summed E-state index contributed by atoms with van der Waals surface area (Å²) in [4.78, 5) is 30.3. The van der Waals surface area contributed by atoms with Crippen LogP contribution in [0, 0.1) is 0 Å². The lowest BCUT2D eigenvalue weighted by molar-refractivity contribution is 0.0888. The molecular formula is C22H11Cl2NO2. The van der Waals surface area contributed by atoms with Crippen LogP contribution in [0.4, 0.5) is 0 Å². The summed E-state index contributed by atoms with van der Waals surface area (Å²) in [6.45, 7) is 0. The summed E-state index contributed by atoms with van der Waals surface area (Å²) < 4.78 is 0. The van der Waals surface area contributed by atoms with Gasteiger partial charge in [-0.3, -0.25) is 14.6 Å². The van der Waals surface area contributed by atoms with Crippen molar-refractivity contribution in [2.75, 3.05) is 0 Å². The first-order chi connectivity index (χ1) is 13.1. The molecule has 0 saturated carbocycles. The van der Waals surface area contributed by atoms with E-state index < -0.39 is 5.92 Å². The fourth-order valence-electron chi connectivity index (χ4n) is 3.74. The first kappa shape index (κ1) is 16.4. The van der Waals surface area contributed by atoms with E-state index in [1.165, 1.54) is 0 Å². The van der Waals surface area contributed by atoms with E-state index in [2.05, 4.69) is 4.98 Å². The van der Waals surface area contributed by atoms with Crippen LogP contribution in [0.3, 0.4) is 0 Å². The maximum Gasteiger partial charge on any atom is 0.180 e. The highest BCUT2D eigenvalue weighted by Crippen LogP contribution is 2.37. The monoisotopic (exact) mass is 391 g/mol. The minimum atomic E-state index is -0.917. The molecule has 4 aromatic rings. The third kappa shape index (κ3) is 2.32. The molecule has 0 amide bonds. The molecule has 1 aliphatic rings. The molecule has 0 aliphatic heterocycles. The van der Waals surface area contributed by atoms with Crippen molar-refractivity contribution < 1.29 is 9.59 Å². The Bertz CT molecular complexity index is 1260. The molecule has 1 heterocycles. The largest absolute Gasteiger partial charge is 0.293 e. The second-order valence-corrected chi connectivity index (χ2v) is 7.35. The van der Waals surface area contributed by atoms with E-state index in [0.29, 0.717) is 32.4 Å². The van der Waals surface area contributed by atoms with Crippen molar-refractivity contribution in [1.29, 1.82) is 0 Å². The Hall–Kier alpha value is -2.75. The molecule has 0 fully saturated rings. The van der Waals surface area contributed by atoms with Crippen LogP contribution in [0.25, 0.3) is 21.7 Å². The minimum absolute atomic E-state index is 0.216. The number of rotatable bonds is 1. The molecule has 1 aliphatic carbocycles. The zero-order valence-corrected chi connectivity index (χ0v) is 15.4. The third-order valence-electron chi connectivity index (χ3n) is 5.03. The van der Waals surface area contributed by atoms with Gasteiger partial charge in [0.15, 0.2) is 11.6 Å². The highest BCUT2D eigenvalue weighted by atomic mass is 35.5. The molecule has 5 heteroatoms. The maximum absolute atomic E-state index is 12.8. The zero-order chi connectivity index (χ0) is 18.7. The van der Waals surface area contributed by atoms with Crippen molar-refractivity contribution in [3.05, 3.63) is 87.5 Å². The summed E-state index contributed by atoms with van der Waals surface area (Å²) in [6.07, 6.45) is 0. The molecule has 0 radical (unpaired) electrons. The van der Waals surface area contributed by atoms with Crippen LogP contribution in [0.2, 0.25) is 10.0 Å². The van der Waals surface area contributed by atoms with Crippen molar-refractivity contribution in [1.82, 2.24) is 4.98 Å². The smallest absolute Gasteiger partial charge is 0.180 e. The third-order valence-corrected chi connectivity index (χ3v) is 5.68. The number of hydrogen-bond acceptors (Lipinski definition) is 3. The van der Waals surface area contributed by atoms with E-state index in [4.69, 9.17) is 23.2 Å². The van der Waals surface area contributed by atoms with E-state index in [-0.39, 0.29) is 11.6 Å². The number of nitrogens with zero attached hydrogens (tertiary/aromatic N) is 1. The SMILES string of the molecule is O=C1c2ccccc2C(=O)C1c1ccc2ccc3c(Cl)ccc(Cl)c3c2n1. The van der Waals surface area contributed by atoms with Crippen molar-refractivity contribution in [3.8, 4) is 0 Å². The first-order valence-corrected chi connectivity index (χ1v) is 9.16. The molecule has 0 bridgehead atoms. The Morgan fingerprint density at radius 1 is 0.741 bits per heavy atom. The summed E-state index contributed by atoms with van der Waals surface area (Å²) in [7, 11) is 0. The van der Waals surface area contributed by atoms with Gasteiger partial charge in [0, 0.05) is 32.3 Å². The van der Waals surface area contributed by atoms with Crippen molar-refractivity contribution in [3.63, 3.8) is 0 Å². The lowest BCUT2D eigenvalue weighted by Gasteiger charge is -2.11. The van der Waals surface area contributed by atoms with Gasteiger partial charge in [-0.25, -0.2) is 0 Å². The molecule has 0 unspecified atom stereocenters. The van der Waals surface area contributed by atoms with Gasteiger partial charge in [0.25, 0.3) is 0 Å². The topological polar surface area (TPSA) is 47.0 Å². The Kier molecular flexibility index (Phi) is 3.58. The Morgan fingerprint density at radius 3 is 2.07 bits per heavy atom. The lowest BCUT2D eigenvalue weighted by Crippen LogP contribution is -2.14. The van der Waals surface area contributed by atoms with Crippen LogP contribution in [-0.4, -0.2) is 16.6 Å². The summed E-state index contributed by atoms with van der Waals surface area (Å²) in [6, 6.07) is 17.7. The fourth-order valence-corrected chi connectivity index (χ4v) is 4.21. The number of halogens is 2.